The summed E-state index contributed by atoms with van der Waals surface area (Å²) in [5.41, 5.74) is 0. The molecule has 3 aliphatic heterocycles. The van der Waals surface area contributed by atoms with Crippen molar-refractivity contribution in [2.75, 3.05) is 13.2 Å². The van der Waals surface area contributed by atoms with Crippen LogP contribution in [0.4, 0.5) is 4.79 Å². The number of piperidine rings is 1. The Morgan fingerprint density at radius 3 is 3.00 bits per heavy atom. The van der Waals surface area contributed by atoms with Crippen LogP contribution in [0, 0.1) is 5.92 Å². The minimum atomic E-state index is -0.291. The van der Waals surface area contributed by atoms with Crippen LogP contribution in [0.2, 0.25) is 0 Å². The van der Waals surface area contributed by atoms with Crippen LogP contribution in [0.5, 0.6) is 0 Å². The van der Waals surface area contributed by atoms with Crippen molar-refractivity contribution in [3.8, 4) is 0 Å². The number of hydrogen-bond donors (Lipinski definition) is 1. The van der Waals surface area contributed by atoms with Gasteiger partial charge in [-0.3, -0.25) is 9.69 Å². The summed E-state index contributed by atoms with van der Waals surface area (Å²) in [4.78, 5) is 25.3. The van der Waals surface area contributed by atoms with Crippen LogP contribution in [0.25, 0.3) is 0 Å². The molecule has 16 heavy (non-hydrogen) atoms. The summed E-state index contributed by atoms with van der Waals surface area (Å²) in [7, 11) is 0. The molecule has 0 aromatic heterocycles. The Morgan fingerprint density at radius 1 is 1.56 bits per heavy atom. The molecule has 0 saturated carbocycles. The van der Waals surface area contributed by atoms with Gasteiger partial charge in [-0.25, -0.2) is 4.79 Å². The molecule has 3 fully saturated rings. The van der Waals surface area contributed by atoms with Crippen molar-refractivity contribution in [3.63, 3.8) is 0 Å². The van der Waals surface area contributed by atoms with Crippen LogP contribution in [0.3, 0.4) is 0 Å². The Labute approximate surface area is 95.1 Å². The molecule has 2 amide bonds. The van der Waals surface area contributed by atoms with Gasteiger partial charge in [0.25, 0.3) is 0 Å². The van der Waals surface area contributed by atoms with E-state index in [1.807, 2.05) is 6.92 Å². The van der Waals surface area contributed by atoms with E-state index >= 15 is 0 Å². The van der Waals surface area contributed by atoms with Gasteiger partial charge in [-0.2, -0.15) is 0 Å². The Morgan fingerprint density at radius 2 is 2.31 bits per heavy atom. The molecule has 5 nitrogen and oxygen atoms in total. The lowest BCUT2D eigenvalue weighted by Crippen LogP contribution is -2.52. The van der Waals surface area contributed by atoms with E-state index in [1.165, 1.54) is 0 Å². The Hall–Kier alpha value is -1.26. The molecule has 3 aliphatic rings. The molecule has 5 heteroatoms. The average Bonchev–Trinajstić information content (AvgIpc) is 2.48. The number of carbonyl (C=O) groups excluding carboxylic acids is 2. The van der Waals surface area contributed by atoms with Crippen LogP contribution >= 0.6 is 0 Å². The Bertz CT molecular complexity index is 306. The summed E-state index contributed by atoms with van der Waals surface area (Å²) in [5.74, 6) is -0.00930. The Balaban J connectivity index is 2.19. The number of amides is 2. The van der Waals surface area contributed by atoms with Crippen LogP contribution < -0.4 is 5.32 Å². The molecule has 0 radical (unpaired) electrons. The van der Waals surface area contributed by atoms with Crippen LogP contribution in [0.15, 0.2) is 0 Å². The fourth-order valence-corrected chi connectivity index (χ4v) is 2.69. The molecular formula is C11H18N2O3. The van der Waals surface area contributed by atoms with Crippen molar-refractivity contribution in [1.29, 1.82) is 0 Å². The minimum Gasteiger partial charge on any atom is -0.450 e. The van der Waals surface area contributed by atoms with Gasteiger partial charge in [0.1, 0.15) is 0 Å². The first-order valence-electron chi connectivity index (χ1n) is 5.88. The van der Waals surface area contributed by atoms with Gasteiger partial charge in [0, 0.05) is 12.6 Å². The van der Waals surface area contributed by atoms with Crippen LogP contribution in [-0.4, -0.2) is 42.1 Å². The third-order valence-electron chi connectivity index (χ3n) is 3.55. The fraction of sp³-hybridized carbons (Fsp3) is 0.818. The highest BCUT2D eigenvalue weighted by molar-refractivity contribution is 5.81. The normalized spacial score (nSPS) is 33.2. The first kappa shape index (κ1) is 11.2. The molecular weight excluding hydrogens is 208 g/mol. The molecule has 0 spiro atoms. The van der Waals surface area contributed by atoms with Crippen molar-refractivity contribution in [3.05, 3.63) is 0 Å². The fourth-order valence-electron chi connectivity index (χ4n) is 2.69. The summed E-state index contributed by atoms with van der Waals surface area (Å²) in [5, 5.41) is 2.88. The number of carbonyl (C=O) groups is 2. The van der Waals surface area contributed by atoms with Crippen molar-refractivity contribution >= 4 is 12.0 Å². The molecule has 0 unspecified atom stereocenters. The lowest BCUT2D eigenvalue weighted by Gasteiger charge is -2.39. The number of rotatable bonds is 1. The van der Waals surface area contributed by atoms with E-state index in [2.05, 4.69) is 5.32 Å². The third kappa shape index (κ3) is 1.74. The number of hydrogen-bond acceptors (Lipinski definition) is 3. The maximum absolute atomic E-state index is 11.8. The second-order valence-corrected chi connectivity index (χ2v) is 4.43. The molecule has 3 saturated heterocycles. The molecule has 2 bridgehead atoms. The van der Waals surface area contributed by atoms with Gasteiger partial charge in [-0.15, -0.1) is 0 Å². The van der Waals surface area contributed by atoms with E-state index in [0.29, 0.717) is 13.2 Å². The van der Waals surface area contributed by atoms with Gasteiger partial charge in [-0.05, 0) is 26.7 Å². The van der Waals surface area contributed by atoms with Gasteiger partial charge < -0.3 is 10.1 Å². The minimum absolute atomic E-state index is 0.0553. The number of ether oxygens (including phenoxy) is 1. The monoisotopic (exact) mass is 226 g/mol. The van der Waals surface area contributed by atoms with Crippen molar-refractivity contribution < 1.29 is 14.3 Å². The lowest BCUT2D eigenvalue weighted by molar-refractivity contribution is -0.126. The highest BCUT2D eigenvalue weighted by Gasteiger charge is 2.44. The zero-order valence-electron chi connectivity index (χ0n) is 9.73. The van der Waals surface area contributed by atoms with Crippen LogP contribution in [0.1, 0.15) is 26.7 Å². The Kier molecular flexibility index (Phi) is 3.03. The predicted molar refractivity (Wildman–Crippen MR) is 57.8 cm³/mol. The maximum atomic E-state index is 11.8. The molecule has 90 valence electrons. The topological polar surface area (TPSA) is 58.6 Å². The maximum Gasteiger partial charge on any atom is 0.410 e. The van der Waals surface area contributed by atoms with Crippen molar-refractivity contribution in [2.45, 2.75) is 38.8 Å². The summed E-state index contributed by atoms with van der Waals surface area (Å²) in [6.45, 7) is 4.65. The number of nitrogens with one attached hydrogen (secondary N) is 1. The number of fused-ring (bicyclic) bond motifs is 4. The highest BCUT2D eigenvalue weighted by Crippen LogP contribution is 2.31. The summed E-state index contributed by atoms with van der Waals surface area (Å²) >= 11 is 0. The van der Waals surface area contributed by atoms with Gasteiger partial charge in [-0.1, -0.05) is 0 Å². The van der Waals surface area contributed by atoms with E-state index < -0.39 is 0 Å². The molecule has 0 aromatic rings. The SMILES string of the molecule is CCOC(=O)N1[C@H]2CC[C@H](C(=O)NC2)[C@H]1C. The third-order valence-corrected chi connectivity index (χ3v) is 3.55. The van der Waals surface area contributed by atoms with Gasteiger partial charge in [0.05, 0.1) is 18.6 Å². The average molecular weight is 226 g/mol. The smallest absolute Gasteiger partial charge is 0.410 e. The second-order valence-electron chi connectivity index (χ2n) is 4.43. The van der Waals surface area contributed by atoms with E-state index in [1.54, 1.807) is 11.8 Å². The van der Waals surface area contributed by atoms with Gasteiger partial charge in [0.2, 0.25) is 5.91 Å². The van der Waals surface area contributed by atoms with E-state index in [0.717, 1.165) is 12.8 Å². The molecule has 3 heterocycles. The highest BCUT2D eigenvalue weighted by atomic mass is 16.6. The molecule has 1 N–H and O–H groups in total. The lowest BCUT2D eigenvalue weighted by atomic mass is 9.88. The van der Waals surface area contributed by atoms with Crippen molar-refractivity contribution in [1.82, 2.24) is 10.2 Å². The quantitative estimate of drug-likeness (QED) is 0.717. The molecule has 0 aliphatic carbocycles. The largest absolute Gasteiger partial charge is 0.450 e. The van der Waals surface area contributed by atoms with Crippen LogP contribution in [-0.2, 0) is 9.53 Å². The zero-order chi connectivity index (χ0) is 11.7. The second kappa shape index (κ2) is 4.31. The molecule has 3 rings (SSSR count). The number of nitrogens with zero attached hydrogens (tertiary/aromatic N) is 1. The standard InChI is InChI=1S/C11H18N2O3/c1-3-16-11(15)13-7(2)9-5-4-8(13)6-12-10(9)14/h7-9H,3-6H2,1-2H3,(H,12,14)/t7-,8+,9+/m1/s1. The predicted octanol–water partition coefficient (Wildman–Crippen LogP) is 0.742. The van der Waals surface area contributed by atoms with Gasteiger partial charge >= 0.3 is 6.09 Å². The van der Waals surface area contributed by atoms with E-state index in [9.17, 15) is 9.59 Å². The zero-order valence-corrected chi connectivity index (χ0v) is 9.73. The molecule has 0 aromatic carbocycles. The summed E-state index contributed by atoms with van der Waals surface area (Å²) in [6, 6.07) is 0.0389. The van der Waals surface area contributed by atoms with Gasteiger partial charge in [0.15, 0.2) is 0 Å². The summed E-state index contributed by atoms with van der Waals surface area (Å²) in [6.07, 6.45) is 1.46. The first-order chi connectivity index (χ1) is 7.65. The molecule has 3 atom stereocenters. The summed E-state index contributed by atoms with van der Waals surface area (Å²) < 4.78 is 5.04. The first-order valence-corrected chi connectivity index (χ1v) is 5.88. The van der Waals surface area contributed by atoms with Crippen molar-refractivity contribution in [2.24, 2.45) is 5.92 Å². The van der Waals surface area contributed by atoms with E-state index in [-0.39, 0.29) is 30.0 Å². The van der Waals surface area contributed by atoms with E-state index in [4.69, 9.17) is 4.74 Å².